The van der Waals surface area contributed by atoms with Crippen LogP contribution in [0.4, 0.5) is 0 Å². The van der Waals surface area contributed by atoms with Gasteiger partial charge in [-0.1, -0.05) is 6.08 Å². The average Bonchev–Trinajstić information content (AvgIpc) is 2.54. The lowest BCUT2D eigenvalue weighted by atomic mass is 10.5. The van der Waals surface area contributed by atoms with Crippen LogP contribution in [-0.2, 0) is 9.78 Å². The second kappa shape index (κ2) is 6.57. The molecule has 2 aliphatic rings. The quantitative estimate of drug-likeness (QED) is 0.548. The second-order valence-electron chi connectivity index (χ2n) is 2.15. The molecule has 0 aromatic carbocycles. The van der Waals surface area contributed by atoms with Crippen molar-refractivity contribution in [2.75, 3.05) is 13.2 Å². The van der Waals surface area contributed by atoms with Gasteiger partial charge in [0.1, 0.15) is 0 Å². The molecule has 0 aromatic rings. The number of allylic oxidation sites excluding steroid dienone is 3. The Labute approximate surface area is 71.5 Å². The van der Waals surface area contributed by atoms with Gasteiger partial charge >= 0.3 is 0 Å². The number of nitrogens with zero attached hydrogens (tertiary/aromatic N) is 1. The summed E-state index contributed by atoms with van der Waals surface area (Å²) in [6, 6.07) is 0. The molecule has 0 atom stereocenters. The summed E-state index contributed by atoms with van der Waals surface area (Å²) in [5.41, 5.74) is 2.67. The maximum atomic E-state index is 4.44. The summed E-state index contributed by atoms with van der Waals surface area (Å²) >= 11 is 0. The highest BCUT2D eigenvalue weighted by atomic mass is 17.2. The molecule has 0 radical (unpaired) electrons. The molecule has 1 N–H and O–H groups in total. The summed E-state index contributed by atoms with van der Waals surface area (Å²) in [6.07, 6.45) is 10.2. The summed E-state index contributed by atoms with van der Waals surface area (Å²) in [5.74, 6) is 0. The maximum absolute atomic E-state index is 4.44. The van der Waals surface area contributed by atoms with E-state index in [4.69, 9.17) is 0 Å². The van der Waals surface area contributed by atoms with E-state index in [1.807, 2.05) is 18.2 Å². The minimum atomic E-state index is 0.778. The fourth-order valence-electron chi connectivity index (χ4n) is 0.636. The number of hydrazone groups is 1. The molecule has 12 heavy (non-hydrogen) atoms. The summed E-state index contributed by atoms with van der Waals surface area (Å²) in [5, 5.41) is 3.72. The van der Waals surface area contributed by atoms with Crippen LogP contribution in [0.2, 0.25) is 0 Å². The highest BCUT2D eigenvalue weighted by Crippen LogP contribution is 1.93. The third-order valence-corrected chi connectivity index (χ3v) is 1.17. The predicted octanol–water partition coefficient (Wildman–Crippen LogP) is 0.984. The first-order chi connectivity index (χ1) is 6.00. The standard InChI is InChI=1S/C5H6N2.C3H6O2/c1-2-4-6-7-5-3-1;1-2-4-5-3-1/h1-6H;1-3H2. The Morgan fingerprint density at radius 3 is 2.58 bits per heavy atom. The van der Waals surface area contributed by atoms with Crippen LogP contribution < -0.4 is 5.43 Å². The normalized spacial score (nSPS) is 19.3. The fourth-order valence-corrected chi connectivity index (χ4v) is 0.636. The van der Waals surface area contributed by atoms with Crippen molar-refractivity contribution in [2.45, 2.75) is 6.42 Å². The Morgan fingerprint density at radius 1 is 1.08 bits per heavy atom. The molecule has 0 spiro atoms. The van der Waals surface area contributed by atoms with Gasteiger partial charge in [0.15, 0.2) is 0 Å². The van der Waals surface area contributed by atoms with Gasteiger partial charge in [-0.3, -0.25) is 5.43 Å². The first-order valence-electron chi connectivity index (χ1n) is 3.85. The topological polar surface area (TPSA) is 42.9 Å². The predicted molar refractivity (Wildman–Crippen MR) is 46.4 cm³/mol. The molecule has 0 bridgehead atoms. The molecule has 0 amide bonds. The molecular weight excluding hydrogens is 156 g/mol. The largest absolute Gasteiger partial charge is 0.286 e. The Hall–Kier alpha value is -1.13. The van der Waals surface area contributed by atoms with Gasteiger partial charge in [-0.2, -0.15) is 5.10 Å². The highest BCUT2D eigenvalue weighted by Gasteiger charge is 1.95. The van der Waals surface area contributed by atoms with Crippen molar-refractivity contribution in [2.24, 2.45) is 5.10 Å². The molecule has 1 fully saturated rings. The van der Waals surface area contributed by atoms with Crippen molar-refractivity contribution >= 4 is 6.21 Å². The molecule has 4 nitrogen and oxygen atoms in total. The smallest absolute Gasteiger partial charge is 0.0845 e. The SMILES string of the molecule is C1=CC=NNC=C1.C1COOC1. The van der Waals surface area contributed by atoms with E-state index in [1.54, 1.807) is 12.4 Å². The van der Waals surface area contributed by atoms with E-state index in [9.17, 15) is 0 Å². The maximum Gasteiger partial charge on any atom is 0.0845 e. The molecule has 0 saturated carbocycles. The number of rotatable bonds is 0. The van der Waals surface area contributed by atoms with E-state index in [1.165, 1.54) is 0 Å². The Morgan fingerprint density at radius 2 is 1.92 bits per heavy atom. The summed E-state index contributed by atoms with van der Waals surface area (Å²) in [7, 11) is 0. The van der Waals surface area contributed by atoms with E-state index in [-0.39, 0.29) is 0 Å². The van der Waals surface area contributed by atoms with Gasteiger partial charge < -0.3 is 0 Å². The Kier molecular flexibility index (Phi) is 4.91. The van der Waals surface area contributed by atoms with Gasteiger partial charge in [-0.15, -0.1) is 0 Å². The lowest BCUT2D eigenvalue weighted by Gasteiger charge is -1.78. The van der Waals surface area contributed by atoms with Crippen molar-refractivity contribution in [3.63, 3.8) is 0 Å². The Balaban J connectivity index is 0.000000127. The molecule has 66 valence electrons. The first kappa shape index (κ1) is 8.96. The van der Waals surface area contributed by atoms with Crippen molar-refractivity contribution < 1.29 is 9.78 Å². The van der Waals surface area contributed by atoms with Crippen LogP contribution in [0.1, 0.15) is 6.42 Å². The molecule has 0 aliphatic carbocycles. The van der Waals surface area contributed by atoms with E-state index in [2.05, 4.69) is 20.3 Å². The van der Waals surface area contributed by atoms with Crippen molar-refractivity contribution in [3.8, 4) is 0 Å². The summed E-state index contributed by atoms with van der Waals surface area (Å²) in [4.78, 5) is 8.89. The van der Waals surface area contributed by atoms with Gasteiger partial charge in [-0.05, 0) is 12.2 Å². The van der Waals surface area contributed by atoms with Crippen molar-refractivity contribution in [1.29, 1.82) is 0 Å². The van der Waals surface area contributed by atoms with Crippen LogP contribution >= 0.6 is 0 Å². The summed E-state index contributed by atoms with van der Waals surface area (Å²) < 4.78 is 0. The first-order valence-corrected chi connectivity index (χ1v) is 3.85. The van der Waals surface area contributed by atoms with Gasteiger partial charge in [0.25, 0.3) is 0 Å². The number of nitrogens with one attached hydrogen (secondary N) is 1. The number of hydrogen-bond acceptors (Lipinski definition) is 4. The Bertz CT molecular complexity index is 162. The zero-order valence-corrected chi connectivity index (χ0v) is 6.77. The fraction of sp³-hybridized carbons (Fsp3) is 0.375. The average molecular weight is 168 g/mol. The molecule has 2 aliphatic heterocycles. The minimum Gasteiger partial charge on any atom is -0.286 e. The molecule has 0 unspecified atom stereocenters. The molecule has 4 heteroatoms. The van der Waals surface area contributed by atoms with E-state index in [0.717, 1.165) is 19.6 Å². The third kappa shape index (κ3) is 4.65. The molecule has 2 rings (SSSR count). The van der Waals surface area contributed by atoms with E-state index >= 15 is 0 Å². The highest BCUT2D eigenvalue weighted by molar-refractivity contribution is 5.71. The van der Waals surface area contributed by atoms with Crippen LogP contribution in [0, 0.1) is 0 Å². The van der Waals surface area contributed by atoms with Crippen LogP contribution in [0.3, 0.4) is 0 Å². The molecule has 1 saturated heterocycles. The zero-order valence-electron chi connectivity index (χ0n) is 6.77. The summed E-state index contributed by atoms with van der Waals surface area (Å²) in [6.45, 7) is 1.56. The third-order valence-electron chi connectivity index (χ3n) is 1.17. The van der Waals surface area contributed by atoms with Crippen LogP contribution in [0.25, 0.3) is 0 Å². The number of hydrogen-bond donors (Lipinski definition) is 1. The minimum absolute atomic E-state index is 0.778. The monoisotopic (exact) mass is 168 g/mol. The van der Waals surface area contributed by atoms with Gasteiger partial charge in [0.05, 0.1) is 13.2 Å². The van der Waals surface area contributed by atoms with Gasteiger partial charge in [0.2, 0.25) is 0 Å². The molecular formula is C8H12N2O2. The lowest BCUT2D eigenvalue weighted by Crippen LogP contribution is -1.89. The van der Waals surface area contributed by atoms with E-state index in [0.29, 0.717) is 0 Å². The van der Waals surface area contributed by atoms with Gasteiger partial charge in [-0.25, -0.2) is 9.78 Å². The van der Waals surface area contributed by atoms with Crippen LogP contribution in [0.5, 0.6) is 0 Å². The van der Waals surface area contributed by atoms with Crippen LogP contribution in [0.15, 0.2) is 29.5 Å². The van der Waals surface area contributed by atoms with E-state index < -0.39 is 0 Å². The van der Waals surface area contributed by atoms with Crippen molar-refractivity contribution in [3.05, 3.63) is 24.4 Å². The van der Waals surface area contributed by atoms with Crippen molar-refractivity contribution in [1.82, 2.24) is 5.43 Å². The van der Waals surface area contributed by atoms with Crippen LogP contribution in [-0.4, -0.2) is 19.4 Å². The van der Waals surface area contributed by atoms with Gasteiger partial charge in [0, 0.05) is 18.8 Å². The molecule has 0 aromatic heterocycles. The lowest BCUT2D eigenvalue weighted by molar-refractivity contribution is -0.248. The second-order valence-corrected chi connectivity index (χ2v) is 2.15. The zero-order chi connectivity index (χ0) is 8.49. The molecule has 2 heterocycles.